The average molecular weight is 303 g/mol. The van der Waals surface area contributed by atoms with Crippen molar-refractivity contribution in [2.75, 3.05) is 13.1 Å². The molecule has 0 unspecified atom stereocenters. The standard InChI is InChI=1S/C16H21N3O3/c1-2-3-4-14(20)19-8-7-13-12(10-19)15(18-22-13)16(21)17-9-11-5-6-11/h2,11H,1,3-10H2,(H,17,21). The third-order valence-electron chi connectivity index (χ3n) is 4.21. The van der Waals surface area contributed by atoms with Crippen LogP contribution in [-0.4, -0.2) is 35.0 Å². The minimum absolute atomic E-state index is 0.0797. The van der Waals surface area contributed by atoms with Crippen molar-refractivity contribution in [1.29, 1.82) is 0 Å². The van der Waals surface area contributed by atoms with E-state index < -0.39 is 0 Å². The molecule has 1 saturated carbocycles. The zero-order chi connectivity index (χ0) is 15.5. The molecule has 1 aliphatic carbocycles. The maximum atomic E-state index is 12.2. The first-order chi connectivity index (χ1) is 10.7. The summed E-state index contributed by atoms with van der Waals surface area (Å²) in [6.07, 6.45) is 5.83. The molecule has 118 valence electrons. The van der Waals surface area contributed by atoms with E-state index in [0.717, 1.165) is 11.3 Å². The van der Waals surface area contributed by atoms with Crippen LogP contribution in [0.2, 0.25) is 0 Å². The molecule has 2 heterocycles. The van der Waals surface area contributed by atoms with Crippen LogP contribution in [0.3, 0.4) is 0 Å². The monoisotopic (exact) mass is 303 g/mol. The third-order valence-corrected chi connectivity index (χ3v) is 4.21. The Morgan fingerprint density at radius 3 is 3.00 bits per heavy atom. The third kappa shape index (κ3) is 3.21. The largest absolute Gasteiger partial charge is 0.360 e. The lowest BCUT2D eigenvalue weighted by molar-refractivity contribution is -0.132. The molecule has 2 amide bonds. The van der Waals surface area contributed by atoms with Gasteiger partial charge in [0.1, 0.15) is 5.76 Å². The predicted octanol–water partition coefficient (Wildman–Crippen LogP) is 1.67. The van der Waals surface area contributed by atoms with Gasteiger partial charge in [0.15, 0.2) is 5.69 Å². The number of hydrogen-bond acceptors (Lipinski definition) is 4. The summed E-state index contributed by atoms with van der Waals surface area (Å²) in [6.45, 7) is 5.35. The predicted molar refractivity (Wildman–Crippen MR) is 80.1 cm³/mol. The lowest BCUT2D eigenvalue weighted by Gasteiger charge is -2.26. The summed E-state index contributed by atoms with van der Waals surface area (Å²) < 4.78 is 5.27. The van der Waals surface area contributed by atoms with Crippen molar-refractivity contribution in [3.63, 3.8) is 0 Å². The van der Waals surface area contributed by atoms with Crippen molar-refractivity contribution in [2.45, 2.75) is 38.6 Å². The van der Waals surface area contributed by atoms with E-state index in [2.05, 4.69) is 17.1 Å². The number of aromatic nitrogens is 1. The average Bonchev–Trinajstić information content (AvgIpc) is 3.27. The van der Waals surface area contributed by atoms with E-state index >= 15 is 0 Å². The number of fused-ring (bicyclic) bond motifs is 1. The summed E-state index contributed by atoms with van der Waals surface area (Å²) in [7, 11) is 0. The van der Waals surface area contributed by atoms with E-state index in [0.29, 0.717) is 50.5 Å². The topological polar surface area (TPSA) is 75.4 Å². The van der Waals surface area contributed by atoms with Gasteiger partial charge in [-0.2, -0.15) is 0 Å². The normalized spacial score (nSPS) is 17.0. The van der Waals surface area contributed by atoms with Crippen molar-refractivity contribution < 1.29 is 14.1 Å². The summed E-state index contributed by atoms with van der Waals surface area (Å²) in [5.74, 6) is 1.22. The molecule has 6 nitrogen and oxygen atoms in total. The fraction of sp³-hybridized carbons (Fsp3) is 0.562. The van der Waals surface area contributed by atoms with Crippen LogP contribution in [0.5, 0.6) is 0 Å². The summed E-state index contributed by atoms with van der Waals surface area (Å²) in [5.41, 5.74) is 1.09. The molecular formula is C16H21N3O3. The maximum absolute atomic E-state index is 12.2. The fourth-order valence-corrected chi connectivity index (χ4v) is 2.63. The lowest BCUT2D eigenvalue weighted by atomic mass is 10.0. The Bertz CT molecular complexity index is 589. The van der Waals surface area contributed by atoms with E-state index in [-0.39, 0.29) is 11.8 Å². The van der Waals surface area contributed by atoms with Crippen molar-refractivity contribution >= 4 is 11.8 Å². The van der Waals surface area contributed by atoms with Crippen LogP contribution < -0.4 is 5.32 Å². The molecule has 1 aliphatic heterocycles. The Labute approximate surface area is 129 Å². The highest BCUT2D eigenvalue weighted by atomic mass is 16.5. The van der Waals surface area contributed by atoms with Crippen molar-refractivity contribution in [3.05, 3.63) is 29.7 Å². The van der Waals surface area contributed by atoms with Gasteiger partial charge in [-0.15, -0.1) is 6.58 Å². The number of nitrogens with zero attached hydrogens (tertiary/aromatic N) is 2. The SMILES string of the molecule is C=CCCC(=O)N1CCc2onc(C(=O)NCC3CC3)c2C1. The molecular weight excluding hydrogens is 282 g/mol. The van der Waals surface area contributed by atoms with Gasteiger partial charge in [-0.1, -0.05) is 11.2 Å². The lowest BCUT2D eigenvalue weighted by Crippen LogP contribution is -2.36. The molecule has 3 rings (SSSR count). The highest BCUT2D eigenvalue weighted by Crippen LogP contribution is 2.28. The Morgan fingerprint density at radius 1 is 1.45 bits per heavy atom. The van der Waals surface area contributed by atoms with Crippen molar-refractivity contribution in [1.82, 2.24) is 15.4 Å². The van der Waals surface area contributed by atoms with Crippen molar-refractivity contribution in [3.8, 4) is 0 Å². The van der Waals surface area contributed by atoms with Gasteiger partial charge in [0.25, 0.3) is 5.91 Å². The van der Waals surface area contributed by atoms with Gasteiger partial charge >= 0.3 is 0 Å². The molecule has 2 aliphatic rings. The number of allylic oxidation sites excluding steroid dienone is 1. The van der Waals surface area contributed by atoms with E-state index in [1.54, 1.807) is 11.0 Å². The van der Waals surface area contributed by atoms with Gasteiger partial charge in [-0.3, -0.25) is 9.59 Å². The molecule has 1 aromatic heterocycles. The summed E-state index contributed by atoms with van der Waals surface area (Å²) in [4.78, 5) is 26.1. The van der Waals surface area contributed by atoms with Gasteiger partial charge in [0, 0.05) is 31.5 Å². The second-order valence-electron chi connectivity index (χ2n) is 5.98. The van der Waals surface area contributed by atoms with Crippen LogP contribution in [0.15, 0.2) is 17.2 Å². The summed E-state index contributed by atoms with van der Waals surface area (Å²) in [5, 5.41) is 6.81. The van der Waals surface area contributed by atoms with Gasteiger partial charge in [0.2, 0.25) is 5.91 Å². The quantitative estimate of drug-likeness (QED) is 0.811. The molecule has 0 radical (unpaired) electrons. The molecule has 0 spiro atoms. The molecule has 1 fully saturated rings. The van der Waals surface area contributed by atoms with Crippen molar-refractivity contribution in [2.24, 2.45) is 5.92 Å². The highest BCUT2D eigenvalue weighted by molar-refractivity contribution is 5.94. The van der Waals surface area contributed by atoms with Crippen LogP contribution in [-0.2, 0) is 17.8 Å². The van der Waals surface area contributed by atoms with E-state index in [1.807, 2.05) is 0 Å². The zero-order valence-corrected chi connectivity index (χ0v) is 12.6. The van der Waals surface area contributed by atoms with Gasteiger partial charge in [-0.05, 0) is 25.2 Å². The zero-order valence-electron chi connectivity index (χ0n) is 12.6. The molecule has 1 aromatic rings. The van der Waals surface area contributed by atoms with Gasteiger partial charge in [0.05, 0.1) is 6.54 Å². The number of carbonyl (C=O) groups excluding carboxylic acids is 2. The second-order valence-corrected chi connectivity index (χ2v) is 5.98. The van der Waals surface area contributed by atoms with Crippen LogP contribution in [0.4, 0.5) is 0 Å². The maximum Gasteiger partial charge on any atom is 0.273 e. The first kappa shape index (κ1) is 14.8. The first-order valence-electron chi connectivity index (χ1n) is 7.83. The molecule has 0 aromatic carbocycles. The number of nitrogens with one attached hydrogen (secondary N) is 1. The molecule has 1 N–H and O–H groups in total. The van der Waals surface area contributed by atoms with Crippen LogP contribution in [0.1, 0.15) is 47.5 Å². The molecule has 22 heavy (non-hydrogen) atoms. The highest BCUT2D eigenvalue weighted by Gasteiger charge is 2.30. The Kier molecular flexibility index (Phi) is 4.27. The first-order valence-corrected chi connectivity index (χ1v) is 7.83. The second kappa shape index (κ2) is 6.34. The number of carbonyl (C=O) groups is 2. The smallest absolute Gasteiger partial charge is 0.273 e. The fourth-order valence-electron chi connectivity index (χ4n) is 2.63. The molecule has 0 atom stereocenters. The van der Waals surface area contributed by atoms with E-state index in [4.69, 9.17) is 4.52 Å². The Balaban J connectivity index is 1.66. The molecule has 0 saturated heterocycles. The van der Waals surface area contributed by atoms with Gasteiger partial charge < -0.3 is 14.7 Å². The van der Waals surface area contributed by atoms with Gasteiger partial charge in [-0.25, -0.2) is 0 Å². The van der Waals surface area contributed by atoms with Crippen LogP contribution in [0, 0.1) is 5.92 Å². The minimum Gasteiger partial charge on any atom is -0.360 e. The van der Waals surface area contributed by atoms with E-state index in [1.165, 1.54) is 12.8 Å². The Morgan fingerprint density at radius 2 is 2.27 bits per heavy atom. The summed E-state index contributed by atoms with van der Waals surface area (Å²) in [6, 6.07) is 0. The van der Waals surface area contributed by atoms with Crippen LogP contribution >= 0.6 is 0 Å². The Hall–Kier alpha value is -2.11. The number of hydrogen-bond donors (Lipinski definition) is 1. The minimum atomic E-state index is -0.197. The number of rotatable bonds is 6. The van der Waals surface area contributed by atoms with Crippen LogP contribution in [0.25, 0.3) is 0 Å². The van der Waals surface area contributed by atoms with E-state index in [9.17, 15) is 9.59 Å². The molecule has 6 heteroatoms. The summed E-state index contributed by atoms with van der Waals surface area (Å²) >= 11 is 0. The number of amides is 2. The molecule has 0 bridgehead atoms.